The summed E-state index contributed by atoms with van der Waals surface area (Å²) in [5, 5.41) is 3.49. The normalized spacial score (nSPS) is 13.6. The van der Waals surface area contributed by atoms with Gasteiger partial charge in [0.15, 0.2) is 11.5 Å². The van der Waals surface area contributed by atoms with Crippen LogP contribution in [0.25, 0.3) is 0 Å². The average molecular weight is 301 g/mol. The Labute approximate surface area is 129 Å². The summed E-state index contributed by atoms with van der Waals surface area (Å²) in [6, 6.07) is 14.4. The first kappa shape index (κ1) is 14.1. The minimum atomic E-state index is 0.714. The second-order valence-corrected chi connectivity index (χ2v) is 5.70. The van der Waals surface area contributed by atoms with Crippen LogP contribution >= 0.6 is 11.8 Å². The predicted molar refractivity (Wildman–Crippen MR) is 87.6 cm³/mol. The molecule has 0 radical (unpaired) electrons. The first-order valence-corrected chi connectivity index (χ1v) is 8.35. The summed E-state index contributed by atoms with van der Waals surface area (Å²) in [5.74, 6) is 1.73. The maximum absolute atomic E-state index is 5.85. The minimum absolute atomic E-state index is 0.714. The number of hydrogen-bond acceptors (Lipinski definition) is 4. The maximum atomic E-state index is 5.85. The molecule has 1 aliphatic rings. The summed E-state index contributed by atoms with van der Waals surface area (Å²) < 4.78 is 11.6. The van der Waals surface area contributed by atoms with Gasteiger partial charge in [-0.15, -0.1) is 11.8 Å². The van der Waals surface area contributed by atoms with Gasteiger partial charge in [-0.1, -0.05) is 24.3 Å². The Morgan fingerprint density at radius 2 is 1.90 bits per heavy atom. The van der Waals surface area contributed by atoms with Gasteiger partial charge in [-0.2, -0.15) is 0 Å². The van der Waals surface area contributed by atoms with Crippen LogP contribution in [0.4, 0.5) is 5.69 Å². The first-order valence-electron chi connectivity index (χ1n) is 7.13. The molecule has 4 heteroatoms. The summed E-state index contributed by atoms with van der Waals surface area (Å²) in [4.78, 5) is 1.25. The Morgan fingerprint density at radius 1 is 1.05 bits per heavy atom. The summed E-state index contributed by atoms with van der Waals surface area (Å²) in [6.07, 6.45) is 3.02. The molecule has 0 aromatic heterocycles. The van der Waals surface area contributed by atoms with E-state index in [1.165, 1.54) is 4.90 Å². The monoisotopic (exact) mass is 301 g/mol. The van der Waals surface area contributed by atoms with Crippen molar-refractivity contribution in [2.45, 2.75) is 17.9 Å². The Bertz CT molecular complexity index is 615. The minimum Gasteiger partial charge on any atom is -0.490 e. The third kappa shape index (κ3) is 3.27. The molecule has 0 spiro atoms. The van der Waals surface area contributed by atoms with Crippen molar-refractivity contribution >= 4 is 17.4 Å². The number of anilines is 1. The summed E-state index contributed by atoms with van der Waals surface area (Å²) >= 11 is 1.74. The largest absolute Gasteiger partial charge is 0.490 e. The molecule has 3 rings (SSSR count). The highest BCUT2D eigenvalue weighted by Gasteiger charge is 2.14. The molecule has 0 aliphatic carbocycles. The topological polar surface area (TPSA) is 30.5 Å². The molecule has 1 heterocycles. The van der Waals surface area contributed by atoms with Crippen LogP contribution < -0.4 is 14.8 Å². The zero-order valence-corrected chi connectivity index (χ0v) is 12.9. The number of ether oxygens (including phenoxy) is 2. The maximum Gasteiger partial charge on any atom is 0.166 e. The quantitative estimate of drug-likeness (QED) is 0.858. The molecule has 110 valence electrons. The van der Waals surface area contributed by atoms with Gasteiger partial charge in [0, 0.05) is 29.1 Å². The molecule has 2 aromatic rings. The fraction of sp³-hybridized carbons (Fsp3) is 0.294. The Hall–Kier alpha value is -1.81. The van der Waals surface area contributed by atoms with E-state index in [2.05, 4.69) is 35.8 Å². The molecule has 21 heavy (non-hydrogen) atoms. The molecule has 0 bridgehead atoms. The zero-order valence-electron chi connectivity index (χ0n) is 12.1. The molecule has 2 aromatic carbocycles. The first-order chi connectivity index (χ1) is 10.4. The lowest BCUT2D eigenvalue weighted by Gasteiger charge is -2.15. The number of hydrogen-bond donors (Lipinski definition) is 1. The highest BCUT2D eigenvalue weighted by Crippen LogP contribution is 2.34. The van der Waals surface area contributed by atoms with E-state index in [9.17, 15) is 0 Å². The lowest BCUT2D eigenvalue weighted by Crippen LogP contribution is -2.04. The van der Waals surface area contributed by atoms with Crippen molar-refractivity contribution in [3.8, 4) is 11.5 Å². The standard InChI is InChI=1S/C17H19NO2S/c1-21-16-9-3-2-7-14(16)18-12-13-6-4-8-15-17(13)20-11-5-10-19-15/h2-4,6-9,18H,5,10-12H2,1H3. The highest BCUT2D eigenvalue weighted by atomic mass is 32.2. The van der Waals surface area contributed by atoms with Crippen LogP contribution in [0, 0.1) is 0 Å². The van der Waals surface area contributed by atoms with Gasteiger partial charge in [0.1, 0.15) is 0 Å². The fourth-order valence-electron chi connectivity index (χ4n) is 2.37. The summed E-state index contributed by atoms with van der Waals surface area (Å²) in [5.41, 5.74) is 2.28. The second-order valence-electron chi connectivity index (χ2n) is 4.85. The van der Waals surface area contributed by atoms with Crippen LogP contribution in [0.3, 0.4) is 0 Å². The molecule has 0 saturated carbocycles. The second kappa shape index (κ2) is 6.76. The lowest BCUT2D eigenvalue weighted by atomic mass is 10.1. The van der Waals surface area contributed by atoms with Crippen molar-refractivity contribution in [1.82, 2.24) is 0 Å². The number of nitrogens with one attached hydrogen (secondary N) is 1. The van der Waals surface area contributed by atoms with Gasteiger partial charge < -0.3 is 14.8 Å². The molecular formula is C17H19NO2S. The van der Waals surface area contributed by atoms with Crippen LogP contribution in [0.2, 0.25) is 0 Å². The van der Waals surface area contributed by atoms with Gasteiger partial charge in [-0.3, -0.25) is 0 Å². The summed E-state index contributed by atoms with van der Waals surface area (Å²) in [7, 11) is 0. The van der Waals surface area contributed by atoms with Gasteiger partial charge in [-0.25, -0.2) is 0 Å². The van der Waals surface area contributed by atoms with Crippen LogP contribution in [0.5, 0.6) is 11.5 Å². The number of rotatable bonds is 4. The Balaban J connectivity index is 1.79. The van der Waals surface area contributed by atoms with Crippen molar-refractivity contribution in [3.63, 3.8) is 0 Å². The van der Waals surface area contributed by atoms with Gasteiger partial charge in [0.2, 0.25) is 0 Å². The van der Waals surface area contributed by atoms with Crippen LogP contribution in [-0.2, 0) is 6.54 Å². The van der Waals surface area contributed by atoms with E-state index in [1.54, 1.807) is 11.8 Å². The van der Waals surface area contributed by atoms with E-state index in [4.69, 9.17) is 9.47 Å². The highest BCUT2D eigenvalue weighted by molar-refractivity contribution is 7.98. The van der Waals surface area contributed by atoms with E-state index in [0.717, 1.165) is 42.3 Å². The molecule has 0 fully saturated rings. The third-order valence-electron chi connectivity index (χ3n) is 3.43. The molecule has 1 aliphatic heterocycles. The van der Waals surface area contributed by atoms with Crippen LogP contribution in [-0.4, -0.2) is 19.5 Å². The van der Waals surface area contributed by atoms with Crippen molar-refractivity contribution in [3.05, 3.63) is 48.0 Å². The molecule has 0 atom stereocenters. The van der Waals surface area contributed by atoms with Crippen LogP contribution in [0.15, 0.2) is 47.4 Å². The number of thioether (sulfide) groups is 1. The van der Waals surface area contributed by atoms with Gasteiger partial charge in [-0.05, 0) is 24.5 Å². The molecular weight excluding hydrogens is 282 g/mol. The SMILES string of the molecule is CSc1ccccc1NCc1cccc2c1OCCCO2. The van der Waals surface area contributed by atoms with E-state index in [1.807, 2.05) is 18.2 Å². The van der Waals surface area contributed by atoms with Crippen molar-refractivity contribution in [2.75, 3.05) is 24.8 Å². The van der Waals surface area contributed by atoms with E-state index >= 15 is 0 Å². The number of fused-ring (bicyclic) bond motifs is 1. The van der Waals surface area contributed by atoms with Crippen molar-refractivity contribution < 1.29 is 9.47 Å². The summed E-state index contributed by atoms with van der Waals surface area (Å²) in [6.45, 7) is 2.16. The molecule has 3 nitrogen and oxygen atoms in total. The molecule has 0 unspecified atom stereocenters. The number of para-hydroxylation sites is 2. The van der Waals surface area contributed by atoms with Gasteiger partial charge >= 0.3 is 0 Å². The molecule has 0 saturated heterocycles. The Kier molecular flexibility index (Phi) is 4.55. The molecule has 0 amide bonds. The number of benzene rings is 2. The third-order valence-corrected chi connectivity index (χ3v) is 4.23. The van der Waals surface area contributed by atoms with E-state index in [0.29, 0.717) is 6.61 Å². The lowest BCUT2D eigenvalue weighted by molar-refractivity contribution is 0.296. The fourth-order valence-corrected chi connectivity index (χ4v) is 2.95. The van der Waals surface area contributed by atoms with Crippen LogP contribution in [0.1, 0.15) is 12.0 Å². The van der Waals surface area contributed by atoms with Gasteiger partial charge in [0.05, 0.1) is 13.2 Å². The predicted octanol–water partition coefficient (Wildman–Crippen LogP) is 4.18. The average Bonchev–Trinajstić information content (AvgIpc) is 2.79. The van der Waals surface area contributed by atoms with Crippen molar-refractivity contribution in [1.29, 1.82) is 0 Å². The zero-order chi connectivity index (χ0) is 14.5. The van der Waals surface area contributed by atoms with E-state index in [-0.39, 0.29) is 0 Å². The van der Waals surface area contributed by atoms with Crippen molar-refractivity contribution in [2.24, 2.45) is 0 Å². The van der Waals surface area contributed by atoms with E-state index < -0.39 is 0 Å². The Morgan fingerprint density at radius 3 is 2.81 bits per heavy atom. The smallest absolute Gasteiger partial charge is 0.166 e. The van der Waals surface area contributed by atoms with Gasteiger partial charge in [0.25, 0.3) is 0 Å². The molecule has 1 N–H and O–H groups in total.